The van der Waals surface area contributed by atoms with Gasteiger partial charge < -0.3 is 4.57 Å². The Morgan fingerprint density at radius 2 is 1.56 bits per heavy atom. The van der Waals surface area contributed by atoms with Crippen molar-refractivity contribution >= 4 is 41.2 Å². The Balaban J connectivity index is 1.73. The van der Waals surface area contributed by atoms with Gasteiger partial charge in [-0.3, -0.25) is 14.9 Å². The molecule has 1 aliphatic heterocycles. The predicted molar refractivity (Wildman–Crippen MR) is 135 cm³/mol. The van der Waals surface area contributed by atoms with Crippen molar-refractivity contribution in [3.05, 3.63) is 87.2 Å². The molecule has 34 heavy (non-hydrogen) atoms. The summed E-state index contributed by atoms with van der Waals surface area (Å²) in [7, 11) is 0. The Kier molecular flexibility index (Phi) is 6.19. The van der Waals surface area contributed by atoms with Gasteiger partial charge in [0.25, 0.3) is 11.8 Å². The lowest BCUT2D eigenvalue weighted by Gasteiger charge is -2.26. The Bertz CT molecular complexity index is 1350. The number of hydrogen-bond acceptors (Lipinski definition) is 3. The summed E-state index contributed by atoms with van der Waals surface area (Å²) in [4.78, 5) is 39.3. The molecule has 4 amide bonds. The third kappa shape index (κ3) is 4.17. The second-order valence-corrected chi connectivity index (χ2v) is 9.21. The molecule has 1 N–H and O–H groups in total. The van der Waals surface area contributed by atoms with Crippen LogP contribution < -0.4 is 10.2 Å². The number of carbonyl (C=O) groups is 3. The zero-order chi connectivity index (χ0) is 24.7. The van der Waals surface area contributed by atoms with Crippen LogP contribution in [0.3, 0.4) is 0 Å². The first-order chi connectivity index (χ1) is 16.1. The first-order valence-electron chi connectivity index (χ1n) is 11.1. The fraction of sp³-hybridized carbons (Fsp3) is 0.222. The molecule has 1 aliphatic rings. The number of hydrogen-bond donors (Lipinski definition) is 1. The molecular weight excluding hydrogens is 450 g/mol. The van der Waals surface area contributed by atoms with E-state index in [2.05, 4.69) is 48.0 Å². The summed E-state index contributed by atoms with van der Waals surface area (Å²) in [6.45, 7) is 10.0. The van der Waals surface area contributed by atoms with Crippen LogP contribution in [0, 0.1) is 20.8 Å². The quantitative estimate of drug-likeness (QED) is 0.380. The van der Waals surface area contributed by atoms with Crippen LogP contribution in [-0.4, -0.2) is 22.4 Å². The van der Waals surface area contributed by atoms with E-state index in [0.29, 0.717) is 16.6 Å². The highest BCUT2D eigenvalue weighted by Crippen LogP contribution is 2.28. The van der Waals surface area contributed by atoms with Crippen molar-refractivity contribution in [3.63, 3.8) is 0 Å². The molecule has 7 heteroatoms. The van der Waals surface area contributed by atoms with E-state index < -0.39 is 17.8 Å². The SMILES string of the molecule is Cc1ccc(N2C(=O)NC(=O)/C(=C/c3cc(C)n(-c4ccc(C(C)C)cc4)c3C)C2=O)cc1Cl. The maximum Gasteiger partial charge on any atom is 0.335 e. The number of urea groups is 1. The second kappa shape index (κ2) is 8.95. The molecule has 4 rings (SSSR count). The summed E-state index contributed by atoms with van der Waals surface area (Å²) in [5.74, 6) is -0.985. The van der Waals surface area contributed by atoms with Crippen LogP contribution >= 0.6 is 11.6 Å². The third-order valence-corrected chi connectivity index (χ3v) is 6.51. The molecule has 0 aliphatic carbocycles. The molecule has 1 aromatic heterocycles. The van der Waals surface area contributed by atoms with Gasteiger partial charge in [-0.05, 0) is 79.8 Å². The van der Waals surface area contributed by atoms with Gasteiger partial charge in [-0.1, -0.05) is 43.6 Å². The van der Waals surface area contributed by atoms with E-state index in [9.17, 15) is 14.4 Å². The molecule has 0 unspecified atom stereocenters. The van der Waals surface area contributed by atoms with Crippen molar-refractivity contribution in [1.82, 2.24) is 9.88 Å². The molecule has 174 valence electrons. The first-order valence-corrected chi connectivity index (χ1v) is 11.4. The van der Waals surface area contributed by atoms with Crippen LogP contribution in [0.2, 0.25) is 5.02 Å². The van der Waals surface area contributed by atoms with Gasteiger partial charge in [-0.15, -0.1) is 0 Å². The fourth-order valence-corrected chi connectivity index (χ4v) is 4.28. The van der Waals surface area contributed by atoms with Gasteiger partial charge in [0.15, 0.2) is 0 Å². The van der Waals surface area contributed by atoms with Gasteiger partial charge in [0.1, 0.15) is 5.57 Å². The average molecular weight is 476 g/mol. The van der Waals surface area contributed by atoms with Crippen molar-refractivity contribution in [2.24, 2.45) is 0 Å². The average Bonchev–Trinajstić information content (AvgIpc) is 3.06. The van der Waals surface area contributed by atoms with Gasteiger partial charge in [0.05, 0.1) is 5.69 Å². The van der Waals surface area contributed by atoms with Crippen LogP contribution in [0.5, 0.6) is 0 Å². The summed E-state index contributed by atoms with van der Waals surface area (Å²) in [5, 5.41) is 2.68. The Hall–Kier alpha value is -3.64. The van der Waals surface area contributed by atoms with Crippen LogP contribution in [0.4, 0.5) is 10.5 Å². The van der Waals surface area contributed by atoms with Gasteiger partial charge >= 0.3 is 6.03 Å². The van der Waals surface area contributed by atoms with E-state index in [1.807, 2.05) is 26.8 Å². The number of imide groups is 2. The lowest BCUT2D eigenvalue weighted by Crippen LogP contribution is -2.54. The number of nitrogens with zero attached hydrogens (tertiary/aromatic N) is 2. The molecule has 0 atom stereocenters. The van der Waals surface area contributed by atoms with E-state index in [0.717, 1.165) is 33.1 Å². The largest absolute Gasteiger partial charge is 0.335 e. The van der Waals surface area contributed by atoms with Crippen LogP contribution in [0.25, 0.3) is 11.8 Å². The van der Waals surface area contributed by atoms with Crippen LogP contribution in [0.1, 0.15) is 47.8 Å². The molecule has 0 radical (unpaired) electrons. The predicted octanol–water partition coefficient (Wildman–Crippen LogP) is 5.85. The summed E-state index contributed by atoms with van der Waals surface area (Å²) in [5.41, 5.74) is 5.80. The van der Waals surface area contributed by atoms with Crippen molar-refractivity contribution in [2.45, 2.75) is 40.5 Å². The first kappa shape index (κ1) is 23.5. The van der Waals surface area contributed by atoms with E-state index in [1.165, 1.54) is 17.7 Å². The molecule has 6 nitrogen and oxygen atoms in total. The van der Waals surface area contributed by atoms with E-state index in [4.69, 9.17) is 11.6 Å². The fourth-order valence-electron chi connectivity index (χ4n) is 4.11. The zero-order valence-corrected chi connectivity index (χ0v) is 20.5. The molecule has 0 bridgehead atoms. The van der Waals surface area contributed by atoms with E-state index in [1.54, 1.807) is 12.1 Å². The summed E-state index contributed by atoms with van der Waals surface area (Å²) in [6, 6.07) is 14.3. The van der Waals surface area contributed by atoms with Crippen molar-refractivity contribution in [1.29, 1.82) is 0 Å². The highest BCUT2D eigenvalue weighted by Gasteiger charge is 2.37. The van der Waals surface area contributed by atoms with Gasteiger partial charge in [0, 0.05) is 22.1 Å². The Morgan fingerprint density at radius 3 is 2.18 bits per heavy atom. The molecule has 1 fully saturated rings. The standard InChI is InChI=1S/C27H26ClN3O3/c1-15(2)19-7-10-21(11-8-19)30-17(4)12-20(18(30)5)13-23-25(32)29-27(34)31(26(23)33)22-9-6-16(3)24(28)14-22/h6-15H,1-5H3,(H,29,32,34)/b23-13-. The second-order valence-electron chi connectivity index (χ2n) is 8.80. The Morgan fingerprint density at radius 1 is 0.912 bits per heavy atom. The van der Waals surface area contributed by atoms with Crippen molar-refractivity contribution < 1.29 is 14.4 Å². The van der Waals surface area contributed by atoms with Crippen molar-refractivity contribution in [2.75, 3.05) is 4.90 Å². The minimum absolute atomic E-state index is 0.119. The minimum atomic E-state index is -0.803. The number of aryl methyl sites for hydroxylation is 2. The maximum absolute atomic E-state index is 13.2. The molecule has 0 saturated carbocycles. The minimum Gasteiger partial charge on any atom is -0.318 e. The van der Waals surface area contributed by atoms with Crippen molar-refractivity contribution in [3.8, 4) is 5.69 Å². The van der Waals surface area contributed by atoms with Gasteiger partial charge in [-0.25, -0.2) is 9.69 Å². The third-order valence-electron chi connectivity index (χ3n) is 6.10. The molecule has 0 spiro atoms. The van der Waals surface area contributed by atoms with E-state index in [-0.39, 0.29) is 5.57 Å². The molecule has 2 heterocycles. The number of amides is 4. The van der Waals surface area contributed by atoms with Crippen LogP contribution in [0.15, 0.2) is 54.1 Å². The normalized spacial score (nSPS) is 15.4. The number of aromatic nitrogens is 1. The van der Waals surface area contributed by atoms with Gasteiger partial charge in [0.2, 0.25) is 0 Å². The smallest absolute Gasteiger partial charge is 0.318 e. The zero-order valence-electron chi connectivity index (χ0n) is 19.8. The highest BCUT2D eigenvalue weighted by molar-refractivity contribution is 6.39. The number of rotatable bonds is 4. The number of nitrogens with one attached hydrogen (secondary N) is 1. The highest BCUT2D eigenvalue weighted by atomic mass is 35.5. The molecular formula is C27H26ClN3O3. The number of anilines is 1. The van der Waals surface area contributed by atoms with Gasteiger partial charge in [-0.2, -0.15) is 0 Å². The molecule has 1 saturated heterocycles. The topological polar surface area (TPSA) is 71.4 Å². The number of halogens is 1. The lowest BCUT2D eigenvalue weighted by molar-refractivity contribution is -0.122. The monoisotopic (exact) mass is 475 g/mol. The summed E-state index contributed by atoms with van der Waals surface area (Å²) >= 11 is 6.20. The summed E-state index contributed by atoms with van der Waals surface area (Å²) < 4.78 is 2.07. The number of carbonyl (C=O) groups excluding carboxylic acids is 3. The number of benzene rings is 2. The lowest BCUT2D eigenvalue weighted by atomic mass is 10.0. The molecule has 3 aromatic rings. The summed E-state index contributed by atoms with van der Waals surface area (Å²) in [6.07, 6.45) is 1.54. The number of barbiturate groups is 1. The molecule has 2 aromatic carbocycles. The maximum atomic E-state index is 13.2. The Labute approximate surface area is 203 Å². The van der Waals surface area contributed by atoms with E-state index >= 15 is 0 Å². The van der Waals surface area contributed by atoms with Crippen LogP contribution in [-0.2, 0) is 9.59 Å².